The van der Waals surface area contributed by atoms with E-state index in [-0.39, 0.29) is 30.2 Å². The Kier molecular flexibility index (Phi) is 6.83. The molecular formula is C26H27ClN4O2S. The maximum Gasteiger partial charge on any atom is 0.242 e. The van der Waals surface area contributed by atoms with Crippen molar-refractivity contribution in [2.75, 3.05) is 37.6 Å². The molecule has 34 heavy (non-hydrogen) atoms. The van der Waals surface area contributed by atoms with E-state index in [9.17, 15) is 9.59 Å². The van der Waals surface area contributed by atoms with Gasteiger partial charge in [-0.25, -0.2) is 4.98 Å². The SMILES string of the molecule is O=C(NCC(=O)N1CCN(c2cccc(Cl)c2)CC1)C1CC=CCC1c1nc2ccccc2s1. The number of nitrogens with one attached hydrogen (secondary N) is 1. The molecule has 0 bridgehead atoms. The van der Waals surface area contributed by atoms with Crippen LogP contribution in [-0.2, 0) is 9.59 Å². The topological polar surface area (TPSA) is 65.5 Å². The Morgan fingerprint density at radius 2 is 1.82 bits per heavy atom. The van der Waals surface area contributed by atoms with Crippen LogP contribution < -0.4 is 10.2 Å². The van der Waals surface area contributed by atoms with Crippen LogP contribution in [0.15, 0.2) is 60.7 Å². The van der Waals surface area contributed by atoms with Crippen molar-refractivity contribution in [1.29, 1.82) is 0 Å². The zero-order valence-electron chi connectivity index (χ0n) is 18.8. The summed E-state index contributed by atoms with van der Waals surface area (Å²) >= 11 is 7.77. The van der Waals surface area contributed by atoms with Crippen molar-refractivity contribution in [2.24, 2.45) is 5.92 Å². The van der Waals surface area contributed by atoms with Crippen molar-refractivity contribution in [3.63, 3.8) is 0 Å². The van der Waals surface area contributed by atoms with Crippen molar-refractivity contribution in [2.45, 2.75) is 18.8 Å². The molecule has 3 aromatic rings. The van der Waals surface area contributed by atoms with Gasteiger partial charge in [0.1, 0.15) is 0 Å². The van der Waals surface area contributed by atoms with Crippen LogP contribution in [0.4, 0.5) is 5.69 Å². The van der Waals surface area contributed by atoms with Gasteiger partial charge in [0, 0.05) is 42.8 Å². The molecule has 8 heteroatoms. The highest BCUT2D eigenvalue weighted by atomic mass is 35.5. The van der Waals surface area contributed by atoms with Gasteiger partial charge in [-0.05, 0) is 43.2 Å². The number of piperazine rings is 1. The fraction of sp³-hybridized carbons (Fsp3) is 0.346. The average Bonchev–Trinajstić information content (AvgIpc) is 3.31. The van der Waals surface area contributed by atoms with Crippen molar-refractivity contribution < 1.29 is 9.59 Å². The molecule has 176 valence electrons. The predicted octanol–water partition coefficient (Wildman–Crippen LogP) is 4.46. The van der Waals surface area contributed by atoms with Crippen molar-refractivity contribution >= 4 is 50.7 Å². The maximum absolute atomic E-state index is 13.1. The lowest BCUT2D eigenvalue weighted by molar-refractivity contribution is -0.134. The summed E-state index contributed by atoms with van der Waals surface area (Å²) in [7, 11) is 0. The Morgan fingerprint density at radius 3 is 2.62 bits per heavy atom. The Morgan fingerprint density at radius 1 is 1.03 bits per heavy atom. The van der Waals surface area contributed by atoms with Gasteiger partial charge in [-0.3, -0.25) is 9.59 Å². The third kappa shape index (κ3) is 4.95. The molecule has 1 saturated heterocycles. The molecule has 2 heterocycles. The molecule has 2 aromatic carbocycles. The number of benzene rings is 2. The van der Waals surface area contributed by atoms with Crippen LogP contribution in [0, 0.1) is 5.92 Å². The molecule has 2 aliphatic rings. The van der Waals surface area contributed by atoms with Crippen molar-refractivity contribution in [3.8, 4) is 0 Å². The lowest BCUT2D eigenvalue weighted by Crippen LogP contribution is -2.51. The number of nitrogens with zero attached hydrogens (tertiary/aromatic N) is 3. The molecule has 2 atom stereocenters. The minimum Gasteiger partial charge on any atom is -0.368 e. The molecule has 6 nitrogen and oxygen atoms in total. The first kappa shape index (κ1) is 22.9. The fourth-order valence-electron chi connectivity index (χ4n) is 4.72. The predicted molar refractivity (Wildman–Crippen MR) is 137 cm³/mol. The smallest absolute Gasteiger partial charge is 0.242 e. The van der Waals surface area contributed by atoms with E-state index in [1.807, 2.05) is 47.4 Å². The van der Waals surface area contributed by atoms with E-state index in [4.69, 9.17) is 16.6 Å². The summed E-state index contributed by atoms with van der Waals surface area (Å²) in [6, 6.07) is 15.8. The van der Waals surface area contributed by atoms with Crippen LogP contribution in [0.1, 0.15) is 23.8 Å². The molecule has 0 spiro atoms. The van der Waals surface area contributed by atoms with Crippen LogP contribution >= 0.6 is 22.9 Å². The van der Waals surface area contributed by atoms with Gasteiger partial charge in [-0.1, -0.05) is 42.0 Å². The first-order chi connectivity index (χ1) is 16.6. The first-order valence-electron chi connectivity index (χ1n) is 11.6. The largest absolute Gasteiger partial charge is 0.368 e. The monoisotopic (exact) mass is 494 g/mol. The van der Waals surface area contributed by atoms with E-state index in [1.54, 1.807) is 11.3 Å². The maximum atomic E-state index is 13.1. The number of carbonyl (C=O) groups is 2. The number of anilines is 1. The van der Waals surface area contributed by atoms with Crippen LogP contribution in [0.25, 0.3) is 10.2 Å². The van der Waals surface area contributed by atoms with Gasteiger partial charge in [-0.15, -0.1) is 11.3 Å². The number of rotatable bonds is 5. The lowest BCUT2D eigenvalue weighted by atomic mass is 9.82. The number of carbonyl (C=O) groups excluding carboxylic acids is 2. The van der Waals surface area contributed by atoms with E-state index in [0.717, 1.165) is 40.4 Å². The molecule has 0 saturated carbocycles. The van der Waals surface area contributed by atoms with E-state index in [2.05, 4.69) is 28.4 Å². The van der Waals surface area contributed by atoms with Gasteiger partial charge in [0.25, 0.3) is 0 Å². The minimum absolute atomic E-state index is 0.0305. The van der Waals surface area contributed by atoms with Crippen molar-refractivity contribution in [1.82, 2.24) is 15.2 Å². The number of hydrogen-bond donors (Lipinski definition) is 1. The summed E-state index contributed by atoms with van der Waals surface area (Å²) in [5.41, 5.74) is 2.04. The molecule has 2 unspecified atom stereocenters. The summed E-state index contributed by atoms with van der Waals surface area (Å²) in [5, 5.41) is 4.62. The molecule has 1 fully saturated rings. The van der Waals surface area contributed by atoms with Gasteiger partial charge in [0.15, 0.2) is 0 Å². The number of para-hydroxylation sites is 1. The van der Waals surface area contributed by atoms with Crippen molar-refractivity contribution in [3.05, 3.63) is 70.7 Å². The van der Waals surface area contributed by atoms with Crippen LogP contribution in [0.5, 0.6) is 0 Å². The number of halogens is 1. The first-order valence-corrected chi connectivity index (χ1v) is 12.8. The number of aromatic nitrogens is 1. The zero-order valence-corrected chi connectivity index (χ0v) is 20.4. The molecule has 1 aromatic heterocycles. The Labute approximate surface area is 208 Å². The normalized spacial score (nSPS) is 20.5. The Hall–Kier alpha value is -2.90. The number of amides is 2. The van der Waals surface area contributed by atoms with Gasteiger partial charge in [0.2, 0.25) is 11.8 Å². The fourth-order valence-corrected chi connectivity index (χ4v) is 6.05. The van der Waals surface area contributed by atoms with Gasteiger partial charge < -0.3 is 15.1 Å². The summed E-state index contributed by atoms with van der Waals surface area (Å²) in [6.07, 6.45) is 5.65. The number of hydrogen-bond acceptors (Lipinski definition) is 5. The van der Waals surface area contributed by atoms with Gasteiger partial charge >= 0.3 is 0 Å². The van der Waals surface area contributed by atoms with Crippen LogP contribution in [0.2, 0.25) is 5.02 Å². The average molecular weight is 495 g/mol. The van der Waals surface area contributed by atoms with E-state index < -0.39 is 0 Å². The second-order valence-corrected chi connectivity index (χ2v) is 10.2. The molecule has 2 amide bonds. The Balaban J connectivity index is 1.16. The molecule has 5 rings (SSSR count). The van der Waals surface area contributed by atoms with Gasteiger partial charge in [0.05, 0.1) is 27.7 Å². The molecule has 1 aliphatic heterocycles. The Bertz CT molecular complexity index is 1190. The third-order valence-corrected chi connectivity index (χ3v) is 8.02. The standard InChI is InChI=1S/C26H27ClN4O2S/c27-18-6-5-7-19(16-18)30-12-14-31(15-13-30)24(32)17-28-25(33)20-8-1-2-9-21(20)26-29-22-10-3-4-11-23(22)34-26/h1-7,10-11,16,20-21H,8-9,12-15,17H2,(H,28,33). The second-order valence-electron chi connectivity index (χ2n) is 8.74. The zero-order chi connectivity index (χ0) is 23.5. The van der Waals surface area contributed by atoms with Gasteiger partial charge in [-0.2, -0.15) is 0 Å². The summed E-state index contributed by atoms with van der Waals surface area (Å²) in [5.74, 6) is -0.279. The van der Waals surface area contributed by atoms with E-state index in [0.29, 0.717) is 24.5 Å². The summed E-state index contributed by atoms with van der Waals surface area (Å²) in [6.45, 7) is 2.77. The second kappa shape index (κ2) is 10.2. The lowest BCUT2D eigenvalue weighted by Gasteiger charge is -2.36. The van der Waals surface area contributed by atoms with Crippen LogP contribution in [0.3, 0.4) is 0 Å². The number of allylic oxidation sites excluding steroid dienone is 2. The molecule has 1 N–H and O–H groups in total. The molecule has 0 radical (unpaired) electrons. The summed E-state index contributed by atoms with van der Waals surface area (Å²) < 4.78 is 1.14. The quantitative estimate of drug-likeness (QED) is 0.532. The number of thiazole rings is 1. The summed E-state index contributed by atoms with van der Waals surface area (Å²) in [4.78, 5) is 34.7. The molecule has 1 aliphatic carbocycles. The third-order valence-electron chi connectivity index (χ3n) is 6.62. The van der Waals surface area contributed by atoms with E-state index in [1.165, 1.54) is 0 Å². The highest BCUT2D eigenvalue weighted by Gasteiger charge is 2.33. The highest BCUT2D eigenvalue weighted by molar-refractivity contribution is 7.18. The molecular weight excluding hydrogens is 468 g/mol. The highest BCUT2D eigenvalue weighted by Crippen LogP contribution is 2.38. The van der Waals surface area contributed by atoms with Crippen LogP contribution in [-0.4, -0.2) is 54.4 Å². The minimum atomic E-state index is -0.210. The number of fused-ring (bicyclic) bond motifs is 1. The van der Waals surface area contributed by atoms with E-state index >= 15 is 0 Å².